The molecule has 5 fully saturated rings. The highest BCUT2D eigenvalue weighted by molar-refractivity contribution is 5.99. The number of nitrogens with zero attached hydrogens (tertiary/aromatic N) is 3. The molecule has 2 amide bonds. The lowest BCUT2D eigenvalue weighted by Gasteiger charge is -2.37. The predicted octanol–water partition coefficient (Wildman–Crippen LogP) is 3.19. The number of carbonyl (C=O) groups excluding carboxylic acids is 3. The second kappa shape index (κ2) is 11.2. The van der Waals surface area contributed by atoms with Crippen molar-refractivity contribution in [2.24, 2.45) is 23.5 Å². The molecule has 3 saturated heterocycles. The Kier molecular flexibility index (Phi) is 7.68. The van der Waals surface area contributed by atoms with Gasteiger partial charge in [0.25, 0.3) is 0 Å². The number of amides is 2. The van der Waals surface area contributed by atoms with Crippen LogP contribution in [-0.4, -0.2) is 85.4 Å². The average molecular weight is 537 g/mol. The summed E-state index contributed by atoms with van der Waals surface area (Å²) in [7, 11) is 0. The first-order valence-electron chi connectivity index (χ1n) is 15.3. The van der Waals surface area contributed by atoms with E-state index in [1.807, 2.05) is 17.0 Å². The van der Waals surface area contributed by atoms with Crippen molar-refractivity contribution >= 4 is 23.3 Å². The number of carbonyl (C=O) groups is 3. The molecule has 1 aromatic carbocycles. The van der Waals surface area contributed by atoms with Crippen LogP contribution in [0.3, 0.4) is 0 Å². The minimum Gasteiger partial charge on any atom is -0.369 e. The third-order valence-corrected chi connectivity index (χ3v) is 10.0. The average Bonchev–Trinajstić information content (AvgIpc) is 3.62. The van der Waals surface area contributed by atoms with Gasteiger partial charge in [0.15, 0.2) is 5.78 Å². The Morgan fingerprint density at radius 1 is 1.05 bits per heavy atom. The molecule has 8 nitrogen and oxygen atoms in total. The Balaban J connectivity index is 1.35. The number of Topliss-reactive ketones (excluding diaryl/α,β-unsaturated/α-hetero) is 1. The van der Waals surface area contributed by atoms with Gasteiger partial charge < -0.3 is 20.3 Å². The molecule has 6 rings (SSSR count). The van der Waals surface area contributed by atoms with E-state index in [2.05, 4.69) is 22.8 Å². The molecule has 0 unspecified atom stereocenters. The van der Waals surface area contributed by atoms with Gasteiger partial charge >= 0.3 is 0 Å². The smallest absolute Gasteiger partial charge is 0.249 e. The van der Waals surface area contributed by atoms with Crippen LogP contribution in [0, 0.1) is 17.8 Å². The fourth-order valence-corrected chi connectivity index (χ4v) is 7.87. The van der Waals surface area contributed by atoms with E-state index in [0.29, 0.717) is 18.0 Å². The van der Waals surface area contributed by atoms with Gasteiger partial charge in [-0.05, 0) is 74.2 Å². The fourth-order valence-electron chi connectivity index (χ4n) is 7.87. The van der Waals surface area contributed by atoms with Crippen LogP contribution < -0.4 is 10.6 Å². The lowest BCUT2D eigenvalue weighted by atomic mass is 9.74. The standard InChI is InChI=1S/C31H44N4O4/c1-2-12-33-13-15-34(16-14-33)22-10-11-23(30(32)37)24(17-22)27(21-6-4-3-5-7-21)31(38)35-18-25(20-8-9-20)29-28(35)26(36)19-39-29/h10-11,17,20-21,25,27-29H,2-9,12-16,18-19H2,1H3,(H2,32,37)/t25-,27+,28-,29-/m1/s1. The quantitative estimate of drug-likeness (QED) is 0.548. The molecule has 1 aromatic rings. The number of likely N-dealkylation sites (tertiary alicyclic amines) is 1. The minimum atomic E-state index is -0.492. The van der Waals surface area contributed by atoms with Crippen molar-refractivity contribution in [3.63, 3.8) is 0 Å². The number of rotatable bonds is 8. The van der Waals surface area contributed by atoms with E-state index < -0.39 is 17.9 Å². The van der Waals surface area contributed by atoms with Crippen molar-refractivity contribution in [3.8, 4) is 0 Å². The van der Waals surface area contributed by atoms with Gasteiger partial charge in [-0.2, -0.15) is 0 Å². The zero-order chi connectivity index (χ0) is 27.1. The second-order valence-electron chi connectivity index (χ2n) is 12.5. The number of piperazine rings is 1. The van der Waals surface area contributed by atoms with Gasteiger partial charge in [0.1, 0.15) is 12.6 Å². The van der Waals surface area contributed by atoms with Crippen LogP contribution in [-0.2, 0) is 14.3 Å². The van der Waals surface area contributed by atoms with E-state index in [0.717, 1.165) is 88.9 Å². The highest BCUT2D eigenvalue weighted by Gasteiger charge is 2.57. The van der Waals surface area contributed by atoms with E-state index >= 15 is 0 Å². The van der Waals surface area contributed by atoms with Crippen molar-refractivity contribution < 1.29 is 19.1 Å². The summed E-state index contributed by atoms with van der Waals surface area (Å²) in [6, 6.07) is 5.41. The van der Waals surface area contributed by atoms with Gasteiger partial charge in [0.05, 0.1) is 12.0 Å². The first-order valence-corrected chi connectivity index (χ1v) is 15.3. The maximum absolute atomic E-state index is 14.6. The van der Waals surface area contributed by atoms with Gasteiger partial charge in [-0.25, -0.2) is 0 Å². The molecular weight excluding hydrogens is 492 g/mol. The second-order valence-corrected chi connectivity index (χ2v) is 12.5. The molecule has 39 heavy (non-hydrogen) atoms. The van der Waals surface area contributed by atoms with E-state index in [1.54, 1.807) is 0 Å². The van der Waals surface area contributed by atoms with E-state index in [4.69, 9.17) is 10.5 Å². The summed E-state index contributed by atoms with van der Waals surface area (Å²) in [5.74, 6) is -0.0330. The summed E-state index contributed by atoms with van der Waals surface area (Å²) in [4.78, 5) is 47.1. The van der Waals surface area contributed by atoms with Crippen molar-refractivity contribution in [2.45, 2.75) is 76.4 Å². The SMILES string of the molecule is CCCN1CCN(c2ccc(C(N)=O)c([C@@H](C(=O)N3C[C@H](C4CC4)[C@H]4OCC(=O)[C@H]43)C3CCCCC3)c2)CC1. The van der Waals surface area contributed by atoms with Gasteiger partial charge in [0.2, 0.25) is 11.8 Å². The van der Waals surface area contributed by atoms with Crippen molar-refractivity contribution in [3.05, 3.63) is 29.3 Å². The molecule has 2 saturated carbocycles. The molecule has 0 bridgehead atoms. The van der Waals surface area contributed by atoms with Crippen LogP contribution >= 0.6 is 0 Å². The first kappa shape index (κ1) is 26.8. The summed E-state index contributed by atoms with van der Waals surface area (Å²) in [6.45, 7) is 7.86. The largest absolute Gasteiger partial charge is 0.369 e. The third kappa shape index (κ3) is 5.22. The predicted molar refractivity (Wildman–Crippen MR) is 150 cm³/mol. The van der Waals surface area contributed by atoms with E-state index in [1.165, 1.54) is 6.42 Å². The van der Waals surface area contributed by atoms with Crippen LogP contribution in [0.1, 0.15) is 80.1 Å². The van der Waals surface area contributed by atoms with Crippen LogP contribution in [0.4, 0.5) is 5.69 Å². The number of hydrogen-bond acceptors (Lipinski definition) is 6. The molecular formula is C31H44N4O4. The normalized spacial score (nSPS) is 29.1. The van der Waals surface area contributed by atoms with Gasteiger partial charge in [-0.15, -0.1) is 0 Å². The lowest BCUT2D eigenvalue weighted by Crippen LogP contribution is -2.47. The van der Waals surface area contributed by atoms with Crippen molar-refractivity contribution in [2.75, 3.05) is 50.8 Å². The summed E-state index contributed by atoms with van der Waals surface area (Å²) in [5.41, 5.74) is 8.18. The number of ketones is 1. The van der Waals surface area contributed by atoms with Crippen molar-refractivity contribution in [1.82, 2.24) is 9.80 Å². The Hall–Kier alpha value is -2.45. The molecule has 0 radical (unpaired) electrons. The molecule has 3 aliphatic heterocycles. The minimum absolute atomic E-state index is 0.00804. The summed E-state index contributed by atoms with van der Waals surface area (Å²) in [5, 5.41) is 0. The third-order valence-electron chi connectivity index (χ3n) is 10.0. The molecule has 8 heteroatoms. The number of benzene rings is 1. The van der Waals surface area contributed by atoms with Crippen molar-refractivity contribution in [1.29, 1.82) is 0 Å². The Bertz CT molecular complexity index is 1090. The molecule has 0 aromatic heterocycles. The summed E-state index contributed by atoms with van der Waals surface area (Å²) >= 11 is 0. The zero-order valence-corrected chi connectivity index (χ0v) is 23.4. The van der Waals surface area contributed by atoms with Gasteiger partial charge in [0, 0.05) is 49.9 Å². The molecule has 2 aliphatic carbocycles. The number of hydrogen-bond donors (Lipinski definition) is 1. The Morgan fingerprint density at radius 2 is 1.79 bits per heavy atom. The number of nitrogens with two attached hydrogens (primary N) is 1. The van der Waals surface area contributed by atoms with Crippen LogP contribution in [0.5, 0.6) is 0 Å². The topological polar surface area (TPSA) is 96.2 Å². The van der Waals surface area contributed by atoms with E-state index in [-0.39, 0.29) is 36.2 Å². The van der Waals surface area contributed by atoms with Gasteiger partial charge in [-0.3, -0.25) is 19.3 Å². The van der Waals surface area contributed by atoms with E-state index in [9.17, 15) is 14.4 Å². The lowest BCUT2D eigenvalue weighted by molar-refractivity contribution is -0.139. The molecule has 0 spiro atoms. The zero-order valence-electron chi connectivity index (χ0n) is 23.4. The Labute approximate surface area is 232 Å². The number of anilines is 1. The molecule has 5 aliphatic rings. The molecule has 2 N–H and O–H groups in total. The molecule has 3 heterocycles. The highest BCUT2D eigenvalue weighted by atomic mass is 16.5. The monoisotopic (exact) mass is 536 g/mol. The highest BCUT2D eigenvalue weighted by Crippen LogP contribution is 2.48. The van der Waals surface area contributed by atoms with Crippen LogP contribution in [0.2, 0.25) is 0 Å². The maximum Gasteiger partial charge on any atom is 0.249 e. The fraction of sp³-hybridized carbons (Fsp3) is 0.710. The maximum atomic E-state index is 14.6. The molecule has 4 atom stereocenters. The Morgan fingerprint density at radius 3 is 2.46 bits per heavy atom. The van der Waals surface area contributed by atoms with Gasteiger partial charge in [-0.1, -0.05) is 26.2 Å². The summed E-state index contributed by atoms with van der Waals surface area (Å²) < 4.78 is 5.97. The van der Waals surface area contributed by atoms with Crippen LogP contribution in [0.15, 0.2) is 18.2 Å². The number of ether oxygens (including phenoxy) is 1. The molecule has 212 valence electrons. The number of primary amides is 1. The first-order chi connectivity index (χ1) is 19.0. The van der Waals surface area contributed by atoms with Crippen LogP contribution in [0.25, 0.3) is 0 Å². The summed E-state index contributed by atoms with van der Waals surface area (Å²) in [6.07, 6.45) is 8.51. The number of fused-ring (bicyclic) bond motifs is 1.